The van der Waals surface area contributed by atoms with Crippen molar-refractivity contribution in [2.24, 2.45) is 5.92 Å². The lowest BCUT2D eigenvalue weighted by Crippen LogP contribution is -2.34. The van der Waals surface area contributed by atoms with E-state index < -0.39 is 0 Å². The molecular formula is C21H27NO3S. The Bertz CT molecular complexity index is 677. The first kappa shape index (κ1) is 19.0. The van der Waals surface area contributed by atoms with Gasteiger partial charge in [0, 0.05) is 6.54 Å². The summed E-state index contributed by atoms with van der Waals surface area (Å²) in [5.74, 6) is 1.14. The third kappa shape index (κ3) is 4.70. The van der Waals surface area contributed by atoms with Crippen molar-refractivity contribution in [1.29, 1.82) is 0 Å². The Labute approximate surface area is 160 Å². The van der Waals surface area contributed by atoms with Crippen molar-refractivity contribution in [3.63, 3.8) is 0 Å². The quantitative estimate of drug-likeness (QED) is 0.619. The van der Waals surface area contributed by atoms with E-state index in [4.69, 9.17) is 4.74 Å². The van der Waals surface area contributed by atoms with Gasteiger partial charge in [-0.15, -0.1) is 0 Å². The van der Waals surface area contributed by atoms with E-state index in [1.54, 1.807) is 6.08 Å². The molecule has 1 aromatic rings. The number of carbonyl (C=O) groups is 2. The highest BCUT2D eigenvalue weighted by Crippen LogP contribution is 2.35. The standard InChI is InChI=1S/C21H27NO3S/c1-3-15(2)25-18-11-9-16(10-12-18)13-19-20(23)22(21(24)26-19)14-17-7-5-4-6-8-17/h9-13,15,17H,3-8,14H2,1-2H3/b19-13+/t15-/m1/s1. The number of imide groups is 1. The largest absolute Gasteiger partial charge is 0.491 e. The number of hydrogen-bond acceptors (Lipinski definition) is 4. The Morgan fingerprint density at radius 3 is 2.54 bits per heavy atom. The lowest BCUT2D eigenvalue weighted by Gasteiger charge is -2.25. The number of rotatable bonds is 6. The van der Waals surface area contributed by atoms with E-state index in [-0.39, 0.29) is 17.3 Å². The topological polar surface area (TPSA) is 46.6 Å². The number of benzene rings is 1. The molecule has 1 saturated heterocycles. The maximum atomic E-state index is 12.6. The van der Waals surface area contributed by atoms with Crippen molar-refractivity contribution in [2.75, 3.05) is 6.54 Å². The fourth-order valence-corrected chi connectivity index (χ4v) is 4.24. The Hall–Kier alpha value is -1.75. The van der Waals surface area contributed by atoms with Gasteiger partial charge in [0.25, 0.3) is 11.1 Å². The highest BCUT2D eigenvalue weighted by atomic mass is 32.2. The monoisotopic (exact) mass is 373 g/mol. The van der Waals surface area contributed by atoms with E-state index in [1.165, 1.54) is 24.2 Å². The van der Waals surface area contributed by atoms with Gasteiger partial charge in [0.05, 0.1) is 11.0 Å². The van der Waals surface area contributed by atoms with Crippen LogP contribution in [0.15, 0.2) is 29.2 Å². The normalized spacial score (nSPS) is 21.5. The summed E-state index contributed by atoms with van der Waals surface area (Å²) in [5, 5.41) is -0.136. The molecule has 1 saturated carbocycles. The van der Waals surface area contributed by atoms with Crippen LogP contribution in [-0.2, 0) is 4.79 Å². The molecule has 1 heterocycles. The first-order valence-corrected chi connectivity index (χ1v) is 10.4. The molecule has 4 nitrogen and oxygen atoms in total. The average Bonchev–Trinajstić information content (AvgIpc) is 2.91. The first-order valence-electron chi connectivity index (χ1n) is 9.59. The second kappa shape index (κ2) is 8.76. The third-order valence-corrected chi connectivity index (χ3v) is 6.04. The van der Waals surface area contributed by atoms with E-state index in [2.05, 4.69) is 6.92 Å². The van der Waals surface area contributed by atoms with Gasteiger partial charge in [-0.05, 0) is 67.6 Å². The molecule has 1 aromatic carbocycles. The van der Waals surface area contributed by atoms with Gasteiger partial charge in [0.2, 0.25) is 0 Å². The minimum absolute atomic E-state index is 0.136. The molecule has 1 aliphatic heterocycles. The smallest absolute Gasteiger partial charge is 0.293 e. The van der Waals surface area contributed by atoms with Crippen LogP contribution in [0.5, 0.6) is 5.75 Å². The molecular weight excluding hydrogens is 346 g/mol. The molecule has 3 rings (SSSR count). The van der Waals surface area contributed by atoms with Gasteiger partial charge >= 0.3 is 0 Å². The highest BCUT2D eigenvalue weighted by Gasteiger charge is 2.36. The zero-order chi connectivity index (χ0) is 18.5. The summed E-state index contributed by atoms with van der Waals surface area (Å²) in [4.78, 5) is 26.9. The van der Waals surface area contributed by atoms with Crippen LogP contribution >= 0.6 is 11.8 Å². The molecule has 5 heteroatoms. The molecule has 2 amide bonds. The lowest BCUT2D eigenvalue weighted by molar-refractivity contribution is -0.123. The summed E-state index contributed by atoms with van der Waals surface area (Å²) >= 11 is 1.05. The van der Waals surface area contributed by atoms with Gasteiger partial charge < -0.3 is 4.74 Å². The molecule has 0 spiro atoms. The zero-order valence-electron chi connectivity index (χ0n) is 15.6. The number of ether oxygens (including phenoxy) is 1. The Morgan fingerprint density at radius 2 is 1.88 bits per heavy atom. The predicted molar refractivity (Wildman–Crippen MR) is 106 cm³/mol. The van der Waals surface area contributed by atoms with Crippen molar-refractivity contribution in [1.82, 2.24) is 4.90 Å². The van der Waals surface area contributed by atoms with E-state index in [0.717, 1.165) is 42.3 Å². The lowest BCUT2D eigenvalue weighted by atomic mass is 9.89. The maximum Gasteiger partial charge on any atom is 0.293 e. The summed E-state index contributed by atoms with van der Waals surface area (Å²) in [7, 11) is 0. The summed E-state index contributed by atoms with van der Waals surface area (Å²) in [5.41, 5.74) is 0.907. The first-order chi connectivity index (χ1) is 12.6. The van der Waals surface area contributed by atoms with Crippen LogP contribution in [0.4, 0.5) is 4.79 Å². The van der Waals surface area contributed by atoms with Gasteiger partial charge in [-0.25, -0.2) is 0 Å². The Balaban J connectivity index is 1.65. The van der Waals surface area contributed by atoms with Crippen molar-refractivity contribution < 1.29 is 14.3 Å². The fourth-order valence-electron chi connectivity index (χ4n) is 3.39. The number of carbonyl (C=O) groups excluding carboxylic acids is 2. The summed E-state index contributed by atoms with van der Waals surface area (Å²) in [6.07, 6.45) is 8.88. The third-order valence-electron chi connectivity index (χ3n) is 5.13. The van der Waals surface area contributed by atoms with Crippen LogP contribution in [0.2, 0.25) is 0 Å². The molecule has 26 heavy (non-hydrogen) atoms. The van der Waals surface area contributed by atoms with E-state index in [1.807, 2.05) is 31.2 Å². The Kier molecular flexibility index (Phi) is 6.41. The van der Waals surface area contributed by atoms with Gasteiger partial charge in [0.15, 0.2) is 0 Å². The molecule has 1 aliphatic carbocycles. The minimum Gasteiger partial charge on any atom is -0.491 e. The molecule has 0 N–H and O–H groups in total. The van der Waals surface area contributed by atoms with Gasteiger partial charge in [-0.2, -0.15) is 0 Å². The molecule has 140 valence electrons. The predicted octanol–water partition coefficient (Wildman–Crippen LogP) is 5.48. The Morgan fingerprint density at radius 1 is 1.19 bits per heavy atom. The van der Waals surface area contributed by atoms with Gasteiger partial charge in [0.1, 0.15) is 5.75 Å². The van der Waals surface area contributed by atoms with Gasteiger partial charge in [-0.1, -0.05) is 38.3 Å². The summed E-state index contributed by atoms with van der Waals surface area (Å²) < 4.78 is 5.77. The van der Waals surface area contributed by atoms with Crippen LogP contribution in [0.25, 0.3) is 6.08 Å². The fraction of sp³-hybridized carbons (Fsp3) is 0.524. The van der Waals surface area contributed by atoms with Crippen molar-refractivity contribution in [2.45, 2.75) is 58.5 Å². The second-order valence-corrected chi connectivity index (χ2v) is 8.20. The SMILES string of the molecule is CC[C@@H](C)Oc1ccc(/C=C2/SC(=O)N(CC3CCCCC3)C2=O)cc1. The molecule has 0 unspecified atom stereocenters. The van der Waals surface area contributed by atoms with Crippen LogP contribution in [0, 0.1) is 5.92 Å². The van der Waals surface area contributed by atoms with E-state index >= 15 is 0 Å². The summed E-state index contributed by atoms with van der Waals surface area (Å²) in [6, 6.07) is 7.66. The minimum atomic E-state index is -0.148. The average molecular weight is 374 g/mol. The van der Waals surface area contributed by atoms with Crippen LogP contribution < -0.4 is 4.74 Å². The molecule has 0 bridgehead atoms. The maximum absolute atomic E-state index is 12.6. The molecule has 1 atom stereocenters. The van der Waals surface area contributed by atoms with Crippen LogP contribution in [-0.4, -0.2) is 28.7 Å². The van der Waals surface area contributed by atoms with E-state index in [9.17, 15) is 9.59 Å². The number of amides is 2. The second-order valence-electron chi connectivity index (χ2n) is 7.20. The number of thioether (sulfide) groups is 1. The number of nitrogens with zero attached hydrogens (tertiary/aromatic N) is 1. The molecule has 0 radical (unpaired) electrons. The van der Waals surface area contributed by atoms with Crippen LogP contribution in [0.3, 0.4) is 0 Å². The van der Waals surface area contributed by atoms with E-state index in [0.29, 0.717) is 17.4 Å². The van der Waals surface area contributed by atoms with Gasteiger partial charge in [-0.3, -0.25) is 14.5 Å². The van der Waals surface area contributed by atoms with Crippen molar-refractivity contribution in [3.8, 4) is 5.75 Å². The zero-order valence-corrected chi connectivity index (χ0v) is 16.4. The highest BCUT2D eigenvalue weighted by molar-refractivity contribution is 8.18. The number of hydrogen-bond donors (Lipinski definition) is 0. The van der Waals surface area contributed by atoms with Crippen molar-refractivity contribution >= 4 is 29.0 Å². The molecule has 2 fully saturated rings. The molecule has 0 aromatic heterocycles. The van der Waals surface area contributed by atoms with Crippen LogP contribution in [0.1, 0.15) is 57.9 Å². The molecule has 2 aliphatic rings. The summed E-state index contributed by atoms with van der Waals surface area (Å²) in [6.45, 7) is 4.70. The van der Waals surface area contributed by atoms with Crippen molar-refractivity contribution in [3.05, 3.63) is 34.7 Å².